The van der Waals surface area contributed by atoms with Crippen molar-refractivity contribution in [2.75, 3.05) is 0 Å². The summed E-state index contributed by atoms with van der Waals surface area (Å²) in [4.78, 5) is 0. The SMILES string of the molecule is CCc1nn(C2CCCC2)c2cc(-c3ccnn3-c3ccc(C)cc3)ccc12. The molecule has 0 N–H and O–H groups in total. The average Bonchev–Trinajstić information content (AvgIpc) is 3.47. The summed E-state index contributed by atoms with van der Waals surface area (Å²) in [6.45, 7) is 4.30. The molecule has 0 amide bonds. The second-order valence-electron chi connectivity index (χ2n) is 7.88. The molecule has 0 atom stereocenters. The zero-order valence-corrected chi connectivity index (χ0v) is 16.6. The standard InChI is InChI=1S/C24H26N4/c1-3-22-21-13-10-18(16-24(21)28(26-22)19-6-4-5-7-19)23-14-15-25-27(23)20-11-8-17(2)9-12-20/h8-16,19H,3-7H2,1-2H3. The van der Waals surface area contributed by atoms with Gasteiger partial charge in [-0.15, -0.1) is 0 Å². The molecular formula is C24H26N4. The molecule has 4 nitrogen and oxygen atoms in total. The fraction of sp³-hybridized carbons (Fsp3) is 0.333. The van der Waals surface area contributed by atoms with Gasteiger partial charge >= 0.3 is 0 Å². The molecule has 4 aromatic rings. The molecule has 1 saturated carbocycles. The minimum Gasteiger partial charge on any atom is -0.262 e. The Morgan fingerprint density at radius 3 is 2.54 bits per heavy atom. The summed E-state index contributed by atoms with van der Waals surface area (Å²) in [7, 11) is 0. The number of benzene rings is 2. The van der Waals surface area contributed by atoms with Gasteiger partial charge in [-0.2, -0.15) is 10.2 Å². The summed E-state index contributed by atoms with van der Waals surface area (Å²) in [5.74, 6) is 0. The maximum absolute atomic E-state index is 5.00. The van der Waals surface area contributed by atoms with Crippen LogP contribution in [0.15, 0.2) is 54.7 Å². The number of rotatable bonds is 4. The van der Waals surface area contributed by atoms with Crippen LogP contribution in [0, 0.1) is 6.92 Å². The molecule has 0 spiro atoms. The summed E-state index contributed by atoms with van der Waals surface area (Å²) < 4.78 is 4.33. The first kappa shape index (κ1) is 17.2. The first-order chi connectivity index (χ1) is 13.7. The van der Waals surface area contributed by atoms with E-state index in [1.165, 1.54) is 53.4 Å². The smallest absolute Gasteiger partial charge is 0.0741 e. The van der Waals surface area contributed by atoms with Crippen LogP contribution in [0.4, 0.5) is 0 Å². The minimum absolute atomic E-state index is 0.542. The van der Waals surface area contributed by atoms with E-state index in [1.807, 2.05) is 10.9 Å². The highest BCUT2D eigenvalue weighted by Crippen LogP contribution is 2.35. The number of fused-ring (bicyclic) bond motifs is 1. The number of hydrogen-bond donors (Lipinski definition) is 0. The molecule has 0 radical (unpaired) electrons. The zero-order valence-electron chi connectivity index (χ0n) is 16.6. The van der Waals surface area contributed by atoms with E-state index in [-0.39, 0.29) is 0 Å². The van der Waals surface area contributed by atoms with Crippen LogP contribution < -0.4 is 0 Å². The number of aromatic nitrogens is 4. The van der Waals surface area contributed by atoms with E-state index in [2.05, 4.69) is 72.2 Å². The Balaban J connectivity index is 1.64. The zero-order chi connectivity index (χ0) is 19.1. The summed E-state index contributed by atoms with van der Waals surface area (Å²) in [5.41, 5.74) is 7.12. The van der Waals surface area contributed by atoms with E-state index in [0.29, 0.717) is 6.04 Å². The van der Waals surface area contributed by atoms with Crippen molar-refractivity contribution < 1.29 is 0 Å². The van der Waals surface area contributed by atoms with Gasteiger partial charge < -0.3 is 0 Å². The molecule has 1 fully saturated rings. The molecule has 142 valence electrons. The largest absolute Gasteiger partial charge is 0.262 e. The van der Waals surface area contributed by atoms with Gasteiger partial charge in [-0.3, -0.25) is 4.68 Å². The molecule has 4 heteroatoms. The van der Waals surface area contributed by atoms with Gasteiger partial charge in [-0.1, -0.05) is 49.6 Å². The lowest BCUT2D eigenvalue weighted by atomic mass is 10.1. The van der Waals surface area contributed by atoms with E-state index in [0.717, 1.165) is 17.8 Å². The van der Waals surface area contributed by atoms with Crippen LogP contribution in [-0.4, -0.2) is 19.6 Å². The molecule has 2 heterocycles. The Morgan fingerprint density at radius 2 is 1.79 bits per heavy atom. The van der Waals surface area contributed by atoms with Crippen LogP contribution in [0.3, 0.4) is 0 Å². The van der Waals surface area contributed by atoms with E-state index in [1.54, 1.807) is 0 Å². The predicted molar refractivity (Wildman–Crippen MR) is 114 cm³/mol. The first-order valence-corrected chi connectivity index (χ1v) is 10.4. The Labute approximate surface area is 165 Å². The first-order valence-electron chi connectivity index (χ1n) is 10.4. The molecule has 28 heavy (non-hydrogen) atoms. The van der Waals surface area contributed by atoms with Crippen molar-refractivity contribution in [3.05, 3.63) is 66.0 Å². The second kappa shape index (κ2) is 6.93. The maximum Gasteiger partial charge on any atom is 0.0741 e. The molecule has 0 aliphatic heterocycles. The molecule has 0 unspecified atom stereocenters. The fourth-order valence-electron chi connectivity index (χ4n) is 4.46. The highest BCUT2D eigenvalue weighted by atomic mass is 15.3. The summed E-state index contributed by atoms with van der Waals surface area (Å²) >= 11 is 0. The van der Waals surface area contributed by atoms with Crippen molar-refractivity contribution in [2.24, 2.45) is 0 Å². The highest BCUT2D eigenvalue weighted by molar-refractivity contribution is 5.86. The van der Waals surface area contributed by atoms with Crippen molar-refractivity contribution in [1.82, 2.24) is 19.6 Å². The van der Waals surface area contributed by atoms with Crippen molar-refractivity contribution in [3.63, 3.8) is 0 Å². The van der Waals surface area contributed by atoms with Crippen molar-refractivity contribution in [2.45, 2.75) is 52.0 Å². The van der Waals surface area contributed by atoms with Gasteiger partial charge in [0, 0.05) is 10.9 Å². The van der Waals surface area contributed by atoms with Gasteiger partial charge in [0.2, 0.25) is 0 Å². The Bertz CT molecular complexity index is 1110. The van der Waals surface area contributed by atoms with Crippen molar-refractivity contribution >= 4 is 10.9 Å². The predicted octanol–water partition coefficient (Wildman–Crippen LogP) is 5.87. The maximum atomic E-state index is 5.00. The molecule has 1 aliphatic carbocycles. The normalized spacial score (nSPS) is 14.9. The van der Waals surface area contributed by atoms with E-state index >= 15 is 0 Å². The van der Waals surface area contributed by atoms with Crippen LogP contribution in [0.5, 0.6) is 0 Å². The summed E-state index contributed by atoms with van der Waals surface area (Å²) in [6, 6.07) is 17.9. The van der Waals surface area contributed by atoms with Gasteiger partial charge in [-0.05, 0) is 50.5 Å². The third-order valence-corrected chi connectivity index (χ3v) is 6.01. The fourth-order valence-corrected chi connectivity index (χ4v) is 4.46. The average molecular weight is 371 g/mol. The monoisotopic (exact) mass is 370 g/mol. The molecule has 2 aromatic heterocycles. The molecule has 0 saturated heterocycles. The third-order valence-electron chi connectivity index (χ3n) is 6.01. The lowest BCUT2D eigenvalue weighted by Crippen LogP contribution is -2.06. The minimum atomic E-state index is 0.542. The number of aryl methyl sites for hydroxylation is 2. The number of nitrogens with zero attached hydrogens (tertiary/aromatic N) is 4. The van der Waals surface area contributed by atoms with Crippen LogP contribution in [0.1, 0.15) is 49.9 Å². The van der Waals surface area contributed by atoms with Crippen LogP contribution >= 0.6 is 0 Å². The topological polar surface area (TPSA) is 35.6 Å². The van der Waals surface area contributed by atoms with Crippen LogP contribution in [0.2, 0.25) is 0 Å². The van der Waals surface area contributed by atoms with Crippen molar-refractivity contribution in [1.29, 1.82) is 0 Å². The lowest BCUT2D eigenvalue weighted by molar-refractivity contribution is 0.478. The quantitative estimate of drug-likeness (QED) is 0.450. The molecule has 1 aliphatic rings. The molecular weight excluding hydrogens is 344 g/mol. The Kier molecular flexibility index (Phi) is 4.27. The third kappa shape index (κ3) is 2.84. The van der Waals surface area contributed by atoms with E-state index in [4.69, 9.17) is 5.10 Å². The Hall–Kier alpha value is -2.88. The number of hydrogen-bond acceptors (Lipinski definition) is 2. The Morgan fingerprint density at radius 1 is 1.00 bits per heavy atom. The van der Waals surface area contributed by atoms with E-state index in [9.17, 15) is 0 Å². The lowest BCUT2D eigenvalue weighted by Gasteiger charge is -2.12. The van der Waals surface area contributed by atoms with Gasteiger partial charge in [0.1, 0.15) is 0 Å². The molecule has 0 bridgehead atoms. The molecule has 5 rings (SSSR count). The van der Waals surface area contributed by atoms with Gasteiger partial charge in [0.25, 0.3) is 0 Å². The van der Waals surface area contributed by atoms with E-state index < -0.39 is 0 Å². The van der Waals surface area contributed by atoms with Gasteiger partial charge in [-0.25, -0.2) is 4.68 Å². The summed E-state index contributed by atoms with van der Waals surface area (Å²) in [5, 5.41) is 10.9. The highest BCUT2D eigenvalue weighted by Gasteiger charge is 2.22. The second-order valence-corrected chi connectivity index (χ2v) is 7.88. The van der Waals surface area contributed by atoms with Crippen LogP contribution in [0.25, 0.3) is 27.8 Å². The van der Waals surface area contributed by atoms with Crippen molar-refractivity contribution in [3.8, 4) is 16.9 Å². The van der Waals surface area contributed by atoms with Gasteiger partial charge in [0.05, 0.1) is 34.8 Å². The summed E-state index contributed by atoms with van der Waals surface area (Å²) in [6.07, 6.45) is 7.96. The molecule has 2 aromatic carbocycles. The van der Waals surface area contributed by atoms with Gasteiger partial charge in [0.15, 0.2) is 0 Å². The van der Waals surface area contributed by atoms with Crippen LogP contribution in [-0.2, 0) is 6.42 Å².